The van der Waals surface area contributed by atoms with Crippen LogP contribution in [0, 0.1) is 0 Å². The number of hydrogen-bond acceptors (Lipinski definition) is 5. The highest BCUT2D eigenvalue weighted by Crippen LogP contribution is 2.32. The summed E-state index contributed by atoms with van der Waals surface area (Å²) in [5.74, 6) is 0.604. The molecule has 0 aliphatic heterocycles. The molecule has 6 nitrogen and oxygen atoms in total. The molecule has 0 spiro atoms. The largest absolute Gasteiger partial charge is 0.489 e. The number of amidine groups is 1. The first-order chi connectivity index (χ1) is 17.4. The number of nitrogens with zero attached hydrogens (tertiary/aromatic N) is 1. The summed E-state index contributed by atoms with van der Waals surface area (Å²) in [6.45, 7) is 4.73. The second kappa shape index (κ2) is 10.8. The lowest BCUT2D eigenvalue weighted by Crippen LogP contribution is -2.18. The number of carbonyl (C=O) groups is 1. The third kappa shape index (κ3) is 5.73. The van der Waals surface area contributed by atoms with Gasteiger partial charge in [0.15, 0.2) is 5.84 Å². The Hall–Kier alpha value is -4.58. The predicted octanol–water partition coefficient (Wildman–Crippen LogP) is 5.91. The zero-order valence-corrected chi connectivity index (χ0v) is 20.2. The molecule has 4 aromatic rings. The van der Waals surface area contributed by atoms with E-state index in [1.807, 2.05) is 24.3 Å². The molecule has 4 rings (SSSR count). The molecular formula is C30H28N2O4. The fraction of sp³-hybridized carbons (Fsp3) is 0.133. The molecule has 3 N–H and O–H groups in total. The quantitative estimate of drug-likeness (QED) is 0.0817. The van der Waals surface area contributed by atoms with Crippen molar-refractivity contribution < 1.29 is 19.5 Å². The molecule has 4 aromatic carbocycles. The maximum Gasteiger partial charge on any atom is 0.343 e. The first-order valence-electron chi connectivity index (χ1n) is 11.5. The van der Waals surface area contributed by atoms with Crippen LogP contribution in [0.3, 0.4) is 0 Å². The summed E-state index contributed by atoms with van der Waals surface area (Å²) in [4.78, 5) is 12.6. The second-order valence-electron chi connectivity index (χ2n) is 8.90. The molecule has 182 valence electrons. The SMILES string of the molecule is CC(C)(c1ccccc1)c1ccc(OCc2cccc(C(=O)Oc3ccc(C(N)=NO)cc3)c2)cc1. The van der Waals surface area contributed by atoms with Crippen molar-refractivity contribution in [1.82, 2.24) is 0 Å². The summed E-state index contributed by atoms with van der Waals surface area (Å²) in [5.41, 5.74) is 9.67. The van der Waals surface area contributed by atoms with Crippen LogP contribution >= 0.6 is 0 Å². The number of esters is 1. The lowest BCUT2D eigenvalue weighted by Gasteiger charge is -2.26. The number of rotatable bonds is 8. The van der Waals surface area contributed by atoms with Gasteiger partial charge in [-0.2, -0.15) is 0 Å². The normalized spacial score (nSPS) is 11.7. The van der Waals surface area contributed by atoms with Gasteiger partial charge in [0.2, 0.25) is 0 Å². The molecule has 0 atom stereocenters. The monoisotopic (exact) mass is 480 g/mol. The first kappa shape index (κ1) is 24.5. The van der Waals surface area contributed by atoms with Crippen LogP contribution in [-0.4, -0.2) is 17.0 Å². The van der Waals surface area contributed by atoms with Gasteiger partial charge in [0, 0.05) is 11.0 Å². The van der Waals surface area contributed by atoms with Gasteiger partial charge in [-0.25, -0.2) is 4.79 Å². The Morgan fingerprint density at radius 1 is 0.806 bits per heavy atom. The van der Waals surface area contributed by atoms with Gasteiger partial charge in [-0.05, 0) is 65.2 Å². The maximum atomic E-state index is 12.6. The van der Waals surface area contributed by atoms with Crippen molar-refractivity contribution in [3.05, 3.63) is 131 Å². The Labute approximate surface area is 210 Å². The standard InChI is InChI=1S/C30H28N2O4/c1-30(2,24-9-4-3-5-10-24)25-13-17-26(18-14-25)35-20-21-7-6-8-23(19-21)29(33)36-27-15-11-22(12-16-27)28(31)32-34/h3-19,34H,20H2,1-2H3,(H2,31,32). The summed E-state index contributed by atoms with van der Waals surface area (Å²) in [7, 11) is 0. The number of nitrogens with two attached hydrogens (primary N) is 1. The van der Waals surface area contributed by atoms with E-state index in [0.717, 1.165) is 11.3 Å². The van der Waals surface area contributed by atoms with Gasteiger partial charge in [0.25, 0.3) is 0 Å². The van der Waals surface area contributed by atoms with Gasteiger partial charge < -0.3 is 20.4 Å². The minimum absolute atomic E-state index is 0.0184. The molecule has 0 unspecified atom stereocenters. The van der Waals surface area contributed by atoms with Gasteiger partial charge in [0.1, 0.15) is 18.1 Å². The van der Waals surface area contributed by atoms with E-state index in [1.54, 1.807) is 42.5 Å². The van der Waals surface area contributed by atoms with E-state index < -0.39 is 5.97 Å². The van der Waals surface area contributed by atoms with Crippen LogP contribution in [0.4, 0.5) is 0 Å². The minimum Gasteiger partial charge on any atom is -0.489 e. The van der Waals surface area contributed by atoms with Crippen molar-refractivity contribution in [2.45, 2.75) is 25.9 Å². The van der Waals surface area contributed by atoms with E-state index in [0.29, 0.717) is 23.5 Å². The highest BCUT2D eigenvalue weighted by molar-refractivity contribution is 5.97. The van der Waals surface area contributed by atoms with Gasteiger partial charge in [-0.1, -0.05) is 73.6 Å². The molecule has 0 fully saturated rings. The summed E-state index contributed by atoms with van der Waals surface area (Å²) < 4.78 is 11.4. The van der Waals surface area contributed by atoms with Crippen LogP contribution in [-0.2, 0) is 12.0 Å². The number of oxime groups is 1. The average Bonchev–Trinajstić information content (AvgIpc) is 2.92. The number of benzene rings is 4. The van der Waals surface area contributed by atoms with Gasteiger partial charge in [0.05, 0.1) is 5.56 Å². The van der Waals surface area contributed by atoms with Crippen molar-refractivity contribution >= 4 is 11.8 Å². The zero-order chi connectivity index (χ0) is 25.5. The van der Waals surface area contributed by atoms with E-state index in [4.69, 9.17) is 20.4 Å². The van der Waals surface area contributed by atoms with Crippen LogP contribution in [0.2, 0.25) is 0 Å². The van der Waals surface area contributed by atoms with E-state index in [9.17, 15) is 4.79 Å². The highest BCUT2D eigenvalue weighted by Gasteiger charge is 2.22. The second-order valence-corrected chi connectivity index (χ2v) is 8.90. The third-order valence-corrected chi connectivity index (χ3v) is 6.11. The Balaban J connectivity index is 1.38. The molecule has 0 amide bonds. The molecule has 6 heteroatoms. The average molecular weight is 481 g/mol. The minimum atomic E-state index is -0.485. The fourth-order valence-corrected chi connectivity index (χ4v) is 3.86. The zero-order valence-electron chi connectivity index (χ0n) is 20.2. The van der Waals surface area contributed by atoms with Crippen LogP contribution in [0.5, 0.6) is 11.5 Å². The number of hydrogen-bond donors (Lipinski definition) is 2. The Morgan fingerprint density at radius 2 is 1.44 bits per heavy atom. The molecule has 0 radical (unpaired) electrons. The molecule has 0 bridgehead atoms. The molecular weight excluding hydrogens is 452 g/mol. The van der Waals surface area contributed by atoms with E-state index in [-0.39, 0.29) is 11.3 Å². The highest BCUT2D eigenvalue weighted by atomic mass is 16.5. The number of carbonyl (C=O) groups excluding carboxylic acids is 1. The summed E-state index contributed by atoms with van der Waals surface area (Å²) in [5, 5.41) is 11.7. The third-order valence-electron chi connectivity index (χ3n) is 6.11. The molecule has 0 aromatic heterocycles. The Bertz CT molecular complexity index is 1350. The topological polar surface area (TPSA) is 94.1 Å². The van der Waals surface area contributed by atoms with Crippen LogP contribution < -0.4 is 15.2 Å². The lowest BCUT2D eigenvalue weighted by molar-refractivity contribution is 0.0734. The van der Waals surface area contributed by atoms with Crippen LogP contribution in [0.25, 0.3) is 0 Å². The molecule has 36 heavy (non-hydrogen) atoms. The van der Waals surface area contributed by atoms with E-state index in [2.05, 4.69) is 55.4 Å². The van der Waals surface area contributed by atoms with Crippen molar-refractivity contribution in [1.29, 1.82) is 0 Å². The van der Waals surface area contributed by atoms with Gasteiger partial charge >= 0.3 is 5.97 Å². The Kier molecular flexibility index (Phi) is 7.35. The van der Waals surface area contributed by atoms with Crippen molar-refractivity contribution in [3.63, 3.8) is 0 Å². The van der Waals surface area contributed by atoms with Crippen molar-refractivity contribution in [3.8, 4) is 11.5 Å². The van der Waals surface area contributed by atoms with Crippen molar-refractivity contribution in [2.75, 3.05) is 0 Å². The first-order valence-corrected chi connectivity index (χ1v) is 11.5. The molecule has 0 heterocycles. The predicted molar refractivity (Wildman–Crippen MR) is 140 cm³/mol. The van der Waals surface area contributed by atoms with Crippen LogP contribution in [0.1, 0.15) is 46.5 Å². The maximum absolute atomic E-state index is 12.6. The molecule has 0 aliphatic carbocycles. The fourth-order valence-electron chi connectivity index (χ4n) is 3.86. The summed E-state index contributed by atoms with van der Waals surface area (Å²) in [6, 6.07) is 32.0. The number of ether oxygens (including phenoxy) is 2. The summed E-state index contributed by atoms with van der Waals surface area (Å²) >= 11 is 0. The van der Waals surface area contributed by atoms with Gasteiger partial charge in [-0.3, -0.25) is 0 Å². The molecule has 0 aliphatic rings. The lowest BCUT2D eigenvalue weighted by atomic mass is 9.78. The van der Waals surface area contributed by atoms with E-state index >= 15 is 0 Å². The smallest absolute Gasteiger partial charge is 0.343 e. The molecule has 0 saturated carbocycles. The summed E-state index contributed by atoms with van der Waals surface area (Å²) in [6.07, 6.45) is 0. The molecule has 0 saturated heterocycles. The van der Waals surface area contributed by atoms with Crippen molar-refractivity contribution in [2.24, 2.45) is 10.9 Å². The van der Waals surface area contributed by atoms with Crippen LogP contribution in [0.15, 0.2) is 108 Å². The van der Waals surface area contributed by atoms with E-state index in [1.165, 1.54) is 11.1 Å². The van der Waals surface area contributed by atoms with Gasteiger partial charge in [-0.15, -0.1) is 0 Å². The Morgan fingerprint density at radius 3 is 2.11 bits per heavy atom.